The second-order valence-corrected chi connectivity index (χ2v) is 4.25. The Morgan fingerprint density at radius 3 is 2.65 bits per heavy atom. The molecule has 0 fully saturated rings. The van der Waals surface area contributed by atoms with E-state index in [1.807, 2.05) is 0 Å². The molecule has 2 aromatic heterocycles. The highest BCUT2D eigenvalue weighted by molar-refractivity contribution is 5.73. The van der Waals surface area contributed by atoms with E-state index in [4.69, 9.17) is 26.4 Å². The number of aromatic nitrogens is 4. The van der Waals surface area contributed by atoms with E-state index in [0.717, 1.165) is 0 Å². The number of H-pyrrole nitrogens is 1. The highest BCUT2D eigenvalue weighted by Crippen LogP contribution is 2.13. The van der Waals surface area contributed by atoms with Crippen LogP contribution in [0, 0.1) is 5.92 Å². The zero-order valence-electron chi connectivity index (χ0n) is 10.6. The van der Waals surface area contributed by atoms with Crippen LogP contribution in [0.2, 0.25) is 0 Å². The Hall–Kier alpha value is -2.17. The molecule has 0 aromatic carbocycles. The molecule has 0 atom stereocenters. The summed E-state index contributed by atoms with van der Waals surface area (Å²) < 4.78 is 6.70. The van der Waals surface area contributed by atoms with Gasteiger partial charge in [-0.25, -0.2) is 4.98 Å². The minimum Gasteiger partial charge on any atom is -0.396 e. The second-order valence-electron chi connectivity index (χ2n) is 4.25. The van der Waals surface area contributed by atoms with Gasteiger partial charge in [-0.3, -0.25) is 14.3 Å². The molecule has 0 aliphatic carbocycles. The molecule has 0 aliphatic rings. The van der Waals surface area contributed by atoms with Crippen molar-refractivity contribution in [2.45, 2.75) is 6.73 Å². The summed E-state index contributed by atoms with van der Waals surface area (Å²) in [6.45, 7) is -0.275. The zero-order valence-corrected chi connectivity index (χ0v) is 10.6. The molecule has 10 nitrogen and oxygen atoms in total. The fourth-order valence-corrected chi connectivity index (χ4v) is 1.65. The fraction of sp³-hybridized carbons (Fsp3) is 0.500. The van der Waals surface area contributed by atoms with Gasteiger partial charge in [0, 0.05) is 5.92 Å². The number of fused-ring (bicyclic) bond motifs is 1. The number of aromatic amines is 1. The molecule has 0 spiro atoms. The second kappa shape index (κ2) is 5.86. The average molecular weight is 284 g/mol. The monoisotopic (exact) mass is 284 g/mol. The van der Waals surface area contributed by atoms with Gasteiger partial charge in [0.25, 0.3) is 5.56 Å². The SMILES string of the molecule is Nc1nc2c(nc(N)n2COCC(CO)CO)c(=O)[nH]1. The van der Waals surface area contributed by atoms with Gasteiger partial charge in [0.15, 0.2) is 11.2 Å². The summed E-state index contributed by atoms with van der Waals surface area (Å²) in [4.78, 5) is 21.8. The van der Waals surface area contributed by atoms with Gasteiger partial charge in [0.2, 0.25) is 11.9 Å². The number of hydrogen-bond acceptors (Lipinski definition) is 8. The van der Waals surface area contributed by atoms with E-state index >= 15 is 0 Å². The van der Waals surface area contributed by atoms with Gasteiger partial charge < -0.3 is 26.4 Å². The minimum atomic E-state index is -0.485. The Balaban J connectivity index is 2.22. The van der Waals surface area contributed by atoms with Crippen LogP contribution in [0.4, 0.5) is 11.9 Å². The van der Waals surface area contributed by atoms with Crippen molar-refractivity contribution in [3.8, 4) is 0 Å². The van der Waals surface area contributed by atoms with Crippen LogP contribution in [0.5, 0.6) is 0 Å². The molecule has 20 heavy (non-hydrogen) atoms. The lowest BCUT2D eigenvalue weighted by Crippen LogP contribution is -2.19. The van der Waals surface area contributed by atoms with Crippen LogP contribution >= 0.6 is 0 Å². The number of hydrogen-bond donors (Lipinski definition) is 5. The Morgan fingerprint density at radius 2 is 2.00 bits per heavy atom. The third kappa shape index (κ3) is 2.71. The van der Waals surface area contributed by atoms with Crippen LogP contribution in [0.3, 0.4) is 0 Å². The van der Waals surface area contributed by atoms with Gasteiger partial charge in [-0.2, -0.15) is 4.98 Å². The summed E-state index contributed by atoms with van der Waals surface area (Å²) >= 11 is 0. The van der Waals surface area contributed by atoms with Gasteiger partial charge in [0.1, 0.15) is 6.73 Å². The molecule has 0 bridgehead atoms. The van der Waals surface area contributed by atoms with Gasteiger partial charge in [-0.15, -0.1) is 0 Å². The quantitative estimate of drug-likeness (QED) is 0.400. The lowest BCUT2D eigenvalue weighted by molar-refractivity contribution is 0.0160. The number of anilines is 2. The average Bonchev–Trinajstić information content (AvgIpc) is 2.72. The van der Waals surface area contributed by atoms with Gasteiger partial charge in [-0.05, 0) is 0 Å². The van der Waals surface area contributed by atoms with E-state index in [0.29, 0.717) is 0 Å². The van der Waals surface area contributed by atoms with Crippen molar-refractivity contribution >= 4 is 23.1 Å². The summed E-state index contributed by atoms with van der Waals surface area (Å²) in [5, 5.41) is 17.8. The molecular weight excluding hydrogens is 268 g/mol. The first kappa shape index (κ1) is 14.2. The molecule has 0 saturated heterocycles. The standard InChI is InChI=1S/C10H16N6O4/c11-9-14-7-6(8(19)15-9)13-10(12)16(7)4-20-3-5(1-17)2-18/h5,17-18H,1-4H2,(H2,12,13)(H3,11,14,15,19). The number of nitrogen functional groups attached to an aromatic ring is 2. The third-order valence-corrected chi connectivity index (χ3v) is 2.74. The van der Waals surface area contributed by atoms with E-state index in [9.17, 15) is 4.79 Å². The van der Waals surface area contributed by atoms with E-state index < -0.39 is 5.56 Å². The number of rotatable bonds is 6. The first-order valence-electron chi connectivity index (χ1n) is 5.87. The fourth-order valence-electron chi connectivity index (χ4n) is 1.65. The Kier molecular flexibility index (Phi) is 4.17. The van der Waals surface area contributed by atoms with Gasteiger partial charge in [0.05, 0.1) is 19.8 Å². The zero-order chi connectivity index (χ0) is 14.7. The van der Waals surface area contributed by atoms with E-state index in [-0.39, 0.29) is 55.5 Å². The lowest BCUT2D eigenvalue weighted by atomic mass is 10.2. The Labute approximate surface area is 113 Å². The number of imidazole rings is 1. The summed E-state index contributed by atoms with van der Waals surface area (Å²) in [6, 6.07) is 0. The number of nitrogens with one attached hydrogen (secondary N) is 1. The van der Waals surface area contributed by atoms with Crippen LogP contribution in [0.1, 0.15) is 0 Å². The first-order chi connectivity index (χ1) is 9.56. The van der Waals surface area contributed by atoms with Crippen molar-refractivity contribution in [3.63, 3.8) is 0 Å². The van der Waals surface area contributed by atoms with Gasteiger partial charge >= 0.3 is 0 Å². The molecule has 0 aliphatic heterocycles. The van der Waals surface area contributed by atoms with Gasteiger partial charge in [-0.1, -0.05) is 0 Å². The summed E-state index contributed by atoms with van der Waals surface area (Å²) in [7, 11) is 0. The summed E-state index contributed by atoms with van der Waals surface area (Å²) in [6.07, 6.45) is 0. The molecule has 10 heteroatoms. The normalized spacial score (nSPS) is 11.6. The van der Waals surface area contributed by atoms with Crippen LogP contribution in [-0.4, -0.2) is 49.6 Å². The molecule has 0 radical (unpaired) electrons. The van der Waals surface area contributed by atoms with Crippen molar-refractivity contribution < 1.29 is 14.9 Å². The molecule has 2 aromatic rings. The maximum absolute atomic E-state index is 11.6. The summed E-state index contributed by atoms with van der Waals surface area (Å²) in [5.74, 6) is -0.368. The van der Waals surface area contributed by atoms with Crippen LogP contribution < -0.4 is 17.0 Å². The summed E-state index contributed by atoms with van der Waals surface area (Å²) in [5.41, 5.74) is 11.0. The number of nitrogens with two attached hydrogens (primary N) is 2. The number of nitrogens with zero attached hydrogens (tertiary/aromatic N) is 3. The smallest absolute Gasteiger partial charge is 0.280 e. The molecular formula is C10H16N6O4. The molecule has 2 rings (SSSR count). The molecule has 0 amide bonds. The van der Waals surface area contributed by atoms with Crippen molar-refractivity contribution in [1.82, 2.24) is 19.5 Å². The minimum absolute atomic E-state index is 0.0191. The molecule has 2 heterocycles. The van der Waals surface area contributed by atoms with Crippen molar-refractivity contribution in [3.05, 3.63) is 10.4 Å². The molecule has 0 saturated carbocycles. The van der Waals surface area contributed by atoms with E-state index in [1.54, 1.807) is 0 Å². The highest BCUT2D eigenvalue weighted by Gasteiger charge is 2.14. The van der Waals surface area contributed by atoms with Crippen molar-refractivity contribution in [1.29, 1.82) is 0 Å². The van der Waals surface area contributed by atoms with E-state index in [2.05, 4.69) is 15.0 Å². The molecule has 7 N–H and O–H groups in total. The molecule has 0 unspecified atom stereocenters. The van der Waals surface area contributed by atoms with E-state index in [1.165, 1.54) is 4.57 Å². The maximum Gasteiger partial charge on any atom is 0.280 e. The highest BCUT2D eigenvalue weighted by atomic mass is 16.5. The topological polar surface area (TPSA) is 165 Å². The van der Waals surface area contributed by atoms with Crippen LogP contribution in [0.25, 0.3) is 11.2 Å². The van der Waals surface area contributed by atoms with Crippen LogP contribution in [-0.2, 0) is 11.5 Å². The lowest BCUT2D eigenvalue weighted by Gasteiger charge is -2.12. The number of aliphatic hydroxyl groups is 2. The Morgan fingerprint density at radius 1 is 1.30 bits per heavy atom. The third-order valence-electron chi connectivity index (χ3n) is 2.74. The van der Waals surface area contributed by atoms with Crippen molar-refractivity contribution in [2.24, 2.45) is 5.92 Å². The first-order valence-corrected chi connectivity index (χ1v) is 5.87. The van der Waals surface area contributed by atoms with Crippen molar-refractivity contribution in [2.75, 3.05) is 31.3 Å². The predicted molar refractivity (Wildman–Crippen MR) is 70.6 cm³/mol. The maximum atomic E-state index is 11.6. The van der Waals surface area contributed by atoms with Crippen LogP contribution in [0.15, 0.2) is 4.79 Å². The molecule has 110 valence electrons. The Bertz CT molecular complexity index is 647. The predicted octanol–water partition coefficient (Wildman–Crippen LogP) is -2.14. The number of aliphatic hydroxyl groups excluding tert-OH is 2. The number of ether oxygens (including phenoxy) is 1. The largest absolute Gasteiger partial charge is 0.396 e.